The number of nitrogens with zero attached hydrogens (tertiary/aromatic N) is 4. The van der Waals surface area contributed by atoms with Crippen molar-refractivity contribution in [2.75, 3.05) is 19.6 Å². The highest BCUT2D eigenvalue weighted by molar-refractivity contribution is 5.79. The molecular formula is C20H32N6. The fraction of sp³-hybridized carbons (Fsp3) is 0.500. The van der Waals surface area contributed by atoms with Gasteiger partial charge in [-0.2, -0.15) is 5.10 Å². The highest BCUT2D eigenvalue weighted by Gasteiger charge is 2.07. The highest BCUT2D eigenvalue weighted by Crippen LogP contribution is 2.13. The molecule has 26 heavy (non-hydrogen) atoms. The zero-order valence-electron chi connectivity index (χ0n) is 16.5. The molecule has 0 atom stereocenters. The molecule has 0 bridgehead atoms. The zero-order valence-corrected chi connectivity index (χ0v) is 16.5. The van der Waals surface area contributed by atoms with E-state index in [1.807, 2.05) is 24.0 Å². The molecule has 2 N–H and O–H groups in total. The summed E-state index contributed by atoms with van der Waals surface area (Å²) < 4.78 is 1.87. The summed E-state index contributed by atoms with van der Waals surface area (Å²) in [6.07, 6.45) is 1.81. The van der Waals surface area contributed by atoms with Crippen molar-refractivity contribution >= 4 is 5.96 Å². The van der Waals surface area contributed by atoms with Crippen LogP contribution < -0.4 is 10.6 Å². The van der Waals surface area contributed by atoms with Crippen LogP contribution >= 0.6 is 0 Å². The largest absolute Gasteiger partial charge is 0.357 e. The summed E-state index contributed by atoms with van der Waals surface area (Å²) in [7, 11) is 1.95. The summed E-state index contributed by atoms with van der Waals surface area (Å²) in [6, 6.07) is 10.6. The predicted molar refractivity (Wildman–Crippen MR) is 108 cm³/mol. The lowest BCUT2D eigenvalue weighted by Gasteiger charge is -2.20. The van der Waals surface area contributed by atoms with Gasteiger partial charge in [0.15, 0.2) is 5.96 Å². The summed E-state index contributed by atoms with van der Waals surface area (Å²) in [5, 5.41) is 10.9. The molecule has 0 aliphatic rings. The molecule has 0 saturated carbocycles. The normalized spacial score (nSPS) is 11.8. The van der Waals surface area contributed by atoms with Gasteiger partial charge in [0.2, 0.25) is 0 Å². The van der Waals surface area contributed by atoms with Gasteiger partial charge in [0, 0.05) is 26.3 Å². The van der Waals surface area contributed by atoms with E-state index >= 15 is 0 Å². The van der Waals surface area contributed by atoms with Gasteiger partial charge in [0.1, 0.15) is 0 Å². The maximum Gasteiger partial charge on any atom is 0.191 e. The Morgan fingerprint density at radius 1 is 1.08 bits per heavy atom. The molecule has 0 unspecified atom stereocenters. The third-order valence-electron chi connectivity index (χ3n) is 4.52. The number of hydrogen-bond acceptors (Lipinski definition) is 3. The molecule has 0 amide bonds. The van der Waals surface area contributed by atoms with Gasteiger partial charge < -0.3 is 10.6 Å². The van der Waals surface area contributed by atoms with E-state index in [0.29, 0.717) is 13.1 Å². The average molecular weight is 357 g/mol. The smallest absolute Gasteiger partial charge is 0.191 e. The summed E-state index contributed by atoms with van der Waals surface area (Å²) in [4.78, 5) is 7.20. The van der Waals surface area contributed by atoms with Crippen LogP contribution in [-0.2, 0) is 26.7 Å². The number of guanidine groups is 1. The Balaban J connectivity index is 2.05. The molecule has 2 rings (SSSR count). The molecule has 1 aromatic carbocycles. The van der Waals surface area contributed by atoms with Gasteiger partial charge in [-0.25, -0.2) is 4.99 Å². The second-order valence-electron chi connectivity index (χ2n) is 6.22. The van der Waals surface area contributed by atoms with Crippen LogP contribution in [0, 0.1) is 0 Å². The third-order valence-corrected chi connectivity index (χ3v) is 4.52. The van der Waals surface area contributed by atoms with E-state index in [0.717, 1.165) is 37.8 Å². The number of aliphatic imine (C=N–C) groups is 1. The Labute approximate surface area is 157 Å². The highest BCUT2D eigenvalue weighted by atomic mass is 15.3. The van der Waals surface area contributed by atoms with E-state index in [1.165, 1.54) is 11.1 Å². The second-order valence-corrected chi connectivity index (χ2v) is 6.22. The van der Waals surface area contributed by atoms with Gasteiger partial charge in [0.25, 0.3) is 0 Å². The number of aromatic nitrogens is 2. The van der Waals surface area contributed by atoms with Crippen LogP contribution in [0.3, 0.4) is 0 Å². The first-order valence-electron chi connectivity index (χ1n) is 9.46. The summed E-state index contributed by atoms with van der Waals surface area (Å²) in [5.41, 5.74) is 3.75. The van der Waals surface area contributed by atoms with E-state index in [2.05, 4.69) is 65.7 Å². The number of nitrogens with one attached hydrogen (secondary N) is 2. The summed E-state index contributed by atoms with van der Waals surface area (Å²) >= 11 is 0. The lowest BCUT2D eigenvalue weighted by Crippen LogP contribution is -2.37. The molecule has 6 nitrogen and oxygen atoms in total. The Kier molecular flexibility index (Phi) is 8.15. The van der Waals surface area contributed by atoms with Gasteiger partial charge in [0.05, 0.1) is 18.8 Å². The quantitative estimate of drug-likeness (QED) is 0.535. The minimum Gasteiger partial charge on any atom is -0.357 e. The number of benzene rings is 1. The van der Waals surface area contributed by atoms with Crippen molar-refractivity contribution in [1.29, 1.82) is 0 Å². The van der Waals surface area contributed by atoms with Crippen LogP contribution in [0.4, 0.5) is 0 Å². The molecule has 2 aromatic rings. The average Bonchev–Trinajstić information content (AvgIpc) is 3.07. The fourth-order valence-electron chi connectivity index (χ4n) is 2.81. The van der Waals surface area contributed by atoms with Gasteiger partial charge >= 0.3 is 0 Å². The van der Waals surface area contributed by atoms with E-state index in [-0.39, 0.29) is 0 Å². The van der Waals surface area contributed by atoms with E-state index in [4.69, 9.17) is 4.99 Å². The third kappa shape index (κ3) is 5.88. The van der Waals surface area contributed by atoms with Crippen molar-refractivity contribution < 1.29 is 0 Å². The molecule has 142 valence electrons. The van der Waals surface area contributed by atoms with Crippen molar-refractivity contribution in [3.8, 4) is 0 Å². The van der Waals surface area contributed by atoms with Crippen LogP contribution in [0.5, 0.6) is 0 Å². The second kappa shape index (κ2) is 10.6. The first kappa shape index (κ1) is 20.0. The Morgan fingerprint density at radius 2 is 1.81 bits per heavy atom. The molecule has 1 aromatic heterocycles. The van der Waals surface area contributed by atoms with Gasteiger partial charge in [-0.05, 0) is 37.2 Å². The standard InChI is InChI=1S/C20H32N6/c1-5-21-20(23-15-19-12-13-24-25(19)4)22-14-17-10-8-9-11-18(17)16-26(6-2)7-3/h8-13H,5-7,14-16H2,1-4H3,(H2,21,22,23). The van der Waals surface area contributed by atoms with Crippen molar-refractivity contribution in [1.82, 2.24) is 25.3 Å². The van der Waals surface area contributed by atoms with Crippen LogP contribution in [0.25, 0.3) is 0 Å². The van der Waals surface area contributed by atoms with E-state index in [1.54, 1.807) is 0 Å². The van der Waals surface area contributed by atoms with Crippen LogP contribution in [-0.4, -0.2) is 40.3 Å². The summed E-state index contributed by atoms with van der Waals surface area (Å²) in [6.45, 7) is 11.8. The molecule has 0 aliphatic heterocycles. The van der Waals surface area contributed by atoms with Crippen molar-refractivity contribution in [2.45, 2.75) is 40.4 Å². The fourth-order valence-corrected chi connectivity index (χ4v) is 2.81. The molecule has 6 heteroatoms. The molecule has 0 saturated heterocycles. The maximum absolute atomic E-state index is 4.78. The van der Waals surface area contributed by atoms with Crippen molar-refractivity contribution in [2.24, 2.45) is 12.0 Å². The number of hydrogen-bond donors (Lipinski definition) is 2. The molecule has 0 spiro atoms. The lowest BCUT2D eigenvalue weighted by molar-refractivity contribution is 0.295. The molecule has 0 fully saturated rings. The van der Waals surface area contributed by atoms with Crippen molar-refractivity contribution in [3.63, 3.8) is 0 Å². The van der Waals surface area contributed by atoms with Crippen molar-refractivity contribution in [3.05, 3.63) is 53.3 Å². The SMILES string of the molecule is CCNC(=NCc1ccccc1CN(CC)CC)NCc1ccnn1C. The minimum atomic E-state index is 0.665. The minimum absolute atomic E-state index is 0.665. The first-order chi connectivity index (χ1) is 12.7. The Morgan fingerprint density at radius 3 is 2.42 bits per heavy atom. The topological polar surface area (TPSA) is 57.5 Å². The zero-order chi connectivity index (χ0) is 18.8. The van der Waals surface area contributed by atoms with E-state index in [9.17, 15) is 0 Å². The number of rotatable bonds is 9. The molecule has 0 radical (unpaired) electrons. The lowest BCUT2D eigenvalue weighted by atomic mass is 10.1. The molecule has 1 heterocycles. The maximum atomic E-state index is 4.78. The molecule has 0 aliphatic carbocycles. The van der Waals surface area contributed by atoms with Gasteiger partial charge in [-0.1, -0.05) is 38.1 Å². The van der Waals surface area contributed by atoms with Crippen LogP contribution in [0.1, 0.15) is 37.6 Å². The Bertz CT molecular complexity index is 687. The molecular weight excluding hydrogens is 324 g/mol. The predicted octanol–water partition coefficient (Wildman–Crippen LogP) is 2.52. The van der Waals surface area contributed by atoms with Crippen LogP contribution in [0.2, 0.25) is 0 Å². The Hall–Kier alpha value is -2.34. The van der Waals surface area contributed by atoms with Gasteiger partial charge in [-0.15, -0.1) is 0 Å². The number of aryl methyl sites for hydroxylation is 1. The van der Waals surface area contributed by atoms with Crippen LogP contribution in [0.15, 0.2) is 41.5 Å². The monoisotopic (exact) mass is 356 g/mol. The van der Waals surface area contributed by atoms with E-state index < -0.39 is 0 Å². The summed E-state index contributed by atoms with van der Waals surface area (Å²) in [5.74, 6) is 0.825. The van der Waals surface area contributed by atoms with Gasteiger partial charge in [-0.3, -0.25) is 9.58 Å². The first-order valence-corrected chi connectivity index (χ1v) is 9.46.